The predicted molar refractivity (Wildman–Crippen MR) is 66.0 cm³/mol. The average Bonchev–Trinajstić information content (AvgIpc) is 2.83. The fourth-order valence-electron chi connectivity index (χ4n) is 2.00. The quantitative estimate of drug-likeness (QED) is 0.627. The highest BCUT2D eigenvalue weighted by atomic mass is 16.5. The molecule has 0 aromatic heterocycles. The number of ether oxygens (including phenoxy) is 1. The van der Waals surface area contributed by atoms with Gasteiger partial charge in [0.1, 0.15) is 12.1 Å². The summed E-state index contributed by atoms with van der Waals surface area (Å²) in [6, 6.07) is -0.858. The Hall–Kier alpha value is -1.14. The van der Waals surface area contributed by atoms with E-state index < -0.39 is 18.1 Å². The number of nitrogens with one attached hydrogen (secondary N) is 1. The first-order valence-electron chi connectivity index (χ1n) is 6.38. The molecular formula is C12H22N2O4. The lowest BCUT2D eigenvalue weighted by Crippen LogP contribution is -2.48. The van der Waals surface area contributed by atoms with E-state index in [-0.39, 0.29) is 17.9 Å². The molecule has 6 nitrogen and oxygen atoms in total. The molecule has 1 fully saturated rings. The van der Waals surface area contributed by atoms with Crippen molar-refractivity contribution < 1.29 is 19.4 Å². The average molecular weight is 258 g/mol. The van der Waals surface area contributed by atoms with Crippen molar-refractivity contribution in [2.75, 3.05) is 6.54 Å². The monoisotopic (exact) mass is 258 g/mol. The summed E-state index contributed by atoms with van der Waals surface area (Å²) in [6.07, 6.45) is 1.38. The van der Waals surface area contributed by atoms with Crippen LogP contribution in [-0.4, -0.2) is 41.8 Å². The molecule has 1 amide bonds. The lowest BCUT2D eigenvalue weighted by atomic mass is 9.99. The highest BCUT2D eigenvalue weighted by Crippen LogP contribution is 2.19. The zero-order chi connectivity index (χ0) is 13.7. The van der Waals surface area contributed by atoms with Gasteiger partial charge in [-0.2, -0.15) is 0 Å². The van der Waals surface area contributed by atoms with Crippen LogP contribution in [0.5, 0.6) is 0 Å². The van der Waals surface area contributed by atoms with E-state index in [2.05, 4.69) is 5.32 Å². The van der Waals surface area contributed by atoms with Gasteiger partial charge in [0.2, 0.25) is 5.91 Å². The first-order chi connectivity index (χ1) is 8.49. The van der Waals surface area contributed by atoms with Crippen molar-refractivity contribution in [3.05, 3.63) is 0 Å². The number of amides is 1. The van der Waals surface area contributed by atoms with Crippen molar-refractivity contribution in [2.45, 2.75) is 51.4 Å². The van der Waals surface area contributed by atoms with Gasteiger partial charge >= 0.3 is 5.97 Å². The molecule has 0 radical (unpaired) electrons. The van der Waals surface area contributed by atoms with E-state index in [4.69, 9.17) is 15.6 Å². The Morgan fingerprint density at radius 2 is 2.17 bits per heavy atom. The van der Waals surface area contributed by atoms with E-state index >= 15 is 0 Å². The van der Waals surface area contributed by atoms with Crippen molar-refractivity contribution in [2.24, 2.45) is 11.7 Å². The summed E-state index contributed by atoms with van der Waals surface area (Å²) in [4.78, 5) is 23.0. The van der Waals surface area contributed by atoms with Crippen LogP contribution in [-0.2, 0) is 14.3 Å². The number of rotatable bonds is 6. The second-order valence-corrected chi connectivity index (χ2v) is 4.77. The van der Waals surface area contributed by atoms with Gasteiger partial charge in [-0.25, -0.2) is 4.79 Å². The predicted octanol–water partition coefficient (Wildman–Crippen LogP) is 0.108. The third kappa shape index (κ3) is 3.68. The smallest absolute Gasteiger partial charge is 0.326 e. The van der Waals surface area contributed by atoms with E-state index in [1.54, 1.807) is 6.92 Å². The van der Waals surface area contributed by atoms with Crippen LogP contribution in [0, 0.1) is 5.92 Å². The molecule has 1 saturated heterocycles. The standard InChI is InChI=1S/C12H22N2O4/c1-3-7(2)10(12(16)17)14-11(15)9-5-4-8(6-13)18-9/h7-10H,3-6,13H2,1-2H3,(H,14,15)(H,16,17)/t7-,8?,9?,10-/m0/s1. The van der Waals surface area contributed by atoms with E-state index in [1.807, 2.05) is 6.92 Å². The molecule has 0 aromatic carbocycles. The van der Waals surface area contributed by atoms with Crippen LogP contribution in [0.1, 0.15) is 33.1 Å². The van der Waals surface area contributed by atoms with Crippen LogP contribution in [0.2, 0.25) is 0 Å². The molecular weight excluding hydrogens is 236 g/mol. The number of carboxylic acids is 1. The molecule has 1 aliphatic rings. The summed E-state index contributed by atoms with van der Waals surface area (Å²) in [5.41, 5.74) is 5.46. The summed E-state index contributed by atoms with van der Waals surface area (Å²) >= 11 is 0. The van der Waals surface area contributed by atoms with E-state index in [1.165, 1.54) is 0 Å². The summed E-state index contributed by atoms with van der Waals surface area (Å²) in [7, 11) is 0. The Morgan fingerprint density at radius 3 is 2.61 bits per heavy atom. The molecule has 1 rings (SSSR count). The lowest BCUT2D eigenvalue weighted by molar-refractivity contribution is -0.145. The van der Waals surface area contributed by atoms with Gasteiger partial charge in [0.05, 0.1) is 6.10 Å². The van der Waals surface area contributed by atoms with Gasteiger partial charge in [0, 0.05) is 6.54 Å². The van der Waals surface area contributed by atoms with Gasteiger partial charge in [0.15, 0.2) is 0 Å². The molecule has 4 atom stereocenters. The van der Waals surface area contributed by atoms with E-state index in [9.17, 15) is 9.59 Å². The van der Waals surface area contributed by atoms with Crippen LogP contribution < -0.4 is 11.1 Å². The SMILES string of the molecule is CC[C@H](C)[C@H](NC(=O)C1CCC(CN)O1)C(=O)O. The molecule has 18 heavy (non-hydrogen) atoms. The molecule has 2 unspecified atom stereocenters. The highest BCUT2D eigenvalue weighted by Gasteiger charge is 2.33. The maximum Gasteiger partial charge on any atom is 0.326 e. The summed E-state index contributed by atoms with van der Waals surface area (Å²) in [5.74, 6) is -1.47. The number of carbonyl (C=O) groups is 2. The van der Waals surface area contributed by atoms with Crippen molar-refractivity contribution in [1.29, 1.82) is 0 Å². The summed E-state index contributed by atoms with van der Waals surface area (Å²) in [6.45, 7) is 4.08. The molecule has 1 aliphatic heterocycles. The summed E-state index contributed by atoms with van der Waals surface area (Å²) in [5, 5.41) is 11.6. The molecule has 0 aliphatic carbocycles. The van der Waals surface area contributed by atoms with Gasteiger partial charge in [-0.3, -0.25) is 4.79 Å². The maximum atomic E-state index is 11.9. The van der Waals surface area contributed by atoms with Crippen molar-refractivity contribution in [1.82, 2.24) is 5.32 Å². The zero-order valence-corrected chi connectivity index (χ0v) is 10.9. The second kappa shape index (κ2) is 6.70. The number of carboxylic acid groups (broad SMARTS) is 1. The lowest BCUT2D eigenvalue weighted by Gasteiger charge is -2.22. The molecule has 1 heterocycles. The number of hydrogen-bond acceptors (Lipinski definition) is 4. The Labute approximate surface area is 107 Å². The summed E-state index contributed by atoms with van der Waals surface area (Å²) < 4.78 is 5.44. The van der Waals surface area contributed by atoms with Crippen LogP contribution >= 0.6 is 0 Å². The molecule has 4 N–H and O–H groups in total. The van der Waals surface area contributed by atoms with Gasteiger partial charge in [-0.1, -0.05) is 20.3 Å². The van der Waals surface area contributed by atoms with E-state index in [0.717, 1.165) is 6.42 Å². The maximum absolute atomic E-state index is 11.9. The Bertz CT molecular complexity index is 308. The van der Waals surface area contributed by atoms with Gasteiger partial charge in [-0.05, 0) is 18.8 Å². The number of nitrogens with two attached hydrogens (primary N) is 1. The molecule has 6 heteroatoms. The molecule has 0 aromatic rings. The first-order valence-corrected chi connectivity index (χ1v) is 6.38. The van der Waals surface area contributed by atoms with Gasteiger partial charge in [-0.15, -0.1) is 0 Å². The van der Waals surface area contributed by atoms with Crippen LogP contribution in [0.15, 0.2) is 0 Å². The Morgan fingerprint density at radius 1 is 1.50 bits per heavy atom. The van der Waals surface area contributed by atoms with Crippen LogP contribution in [0.4, 0.5) is 0 Å². The zero-order valence-electron chi connectivity index (χ0n) is 10.9. The number of aliphatic carboxylic acids is 1. The second-order valence-electron chi connectivity index (χ2n) is 4.77. The fraction of sp³-hybridized carbons (Fsp3) is 0.833. The highest BCUT2D eigenvalue weighted by molar-refractivity contribution is 5.86. The van der Waals surface area contributed by atoms with Crippen LogP contribution in [0.25, 0.3) is 0 Å². The van der Waals surface area contributed by atoms with Crippen molar-refractivity contribution in [3.63, 3.8) is 0 Å². The number of carbonyl (C=O) groups excluding carboxylic acids is 1. The minimum Gasteiger partial charge on any atom is -0.480 e. The molecule has 0 spiro atoms. The largest absolute Gasteiger partial charge is 0.480 e. The normalized spacial score (nSPS) is 26.6. The van der Waals surface area contributed by atoms with Gasteiger partial charge < -0.3 is 20.9 Å². The van der Waals surface area contributed by atoms with Crippen LogP contribution in [0.3, 0.4) is 0 Å². The van der Waals surface area contributed by atoms with Crippen molar-refractivity contribution >= 4 is 11.9 Å². The molecule has 0 saturated carbocycles. The fourth-order valence-corrected chi connectivity index (χ4v) is 2.00. The topological polar surface area (TPSA) is 102 Å². The third-order valence-electron chi connectivity index (χ3n) is 3.44. The Kier molecular flexibility index (Phi) is 5.55. The van der Waals surface area contributed by atoms with Gasteiger partial charge in [0.25, 0.3) is 0 Å². The molecule has 0 bridgehead atoms. The number of hydrogen-bond donors (Lipinski definition) is 3. The first kappa shape index (κ1) is 14.9. The van der Waals surface area contributed by atoms with E-state index in [0.29, 0.717) is 19.4 Å². The molecule has 104 valence electrons. The third-order valence-corrected chi connectivity index (χ3v) is 3.44. The van der Waals surface area contributed by atoms with Crippen molar-refractivity contribution in [3.8, 4) is 0 Å². The minimum absolute atomic E-state index is 0.0902. The minimum atomic E-state index is -1.01. The Balaban J connectivity index is 2.54.